The molecule has 0 fully saturated rings. The number of nitrogens with zero attached hydrogens (tertiary/aromatic N) is 2. The number of carbonyl (C=O) groups excluding carboxylic acids is 1. The maximum atomic E-state index is 10.1. The second-order valence-electron chi connectivity index (χ2n) is 3.56. The van der Waals surface area contributed by atoms with E-state index in [1.54, 1.807) is 48.5 Å². The highest BCUT2D eigenvalue weighted by Gasteiger charge is 1.98. The summed E-state index contributed by atoms with van der Waals surface area (Å²) in [5, 5.41) is 0. The number of rotatable bonds is 4. The van der Waals surface area contributed by atoms with Gasteiger partial charge in [0.05, 0.1) is 11.4 Å². The van der Waals surface area contributed by atoms with Crippen molar-refractivity contribution in [2.75, 3.05) is 0 Å². The van der Waals surface area contributed by atoms with E-state index in [0.717, 1.165) is 5.69 Å². The minimum Gasteiger partial charge on any atom is -0.457 e. The Morgan fingerprint density at radius 1 is 0.842 bits per heavy atom. The molecular formula is C15H10N2O2. The van der Waals surface area contributed by atoms with Crippen molar-refractivity contribution in [3.05, 3.63) is 55.1 Å². The van der Waals surface area contributed by atoms with E-state index < -0.39 is 0 Å². The number of aliphatic imine (C=N–C) groups is 2. The molecule has 0 unspecified atom stereocenters. The Morgan fingerprint density at radius 3 is 1.74 bits per heavy atom. The maximum absolute atomic E-state index is 10.1. The average Bonchev–Trinajstić information content (AvgIpc) is 2.44. The molecule has 2 aromatic rings. The highest BCUT2D eigenvalue weighted by molar-refractivity contribution is 5.56. The standard InChI is InChI=1S/C15H10N2O2/c1-2-16-12-3-7-14(8-4-12)19-15-9-5-13(6-10-15)17-11-18/h3-10H,1H2. The molecule has 0 spiro atoms. The van der Waals surface area contributed by atoms with Gasteiger partial charge in [0.2, 0.25) is 6.08 Å². The lowest BCUT2D eigenvalue weighted by atomic mass is 10.3. The predicted octanol–water partition coefficient (Wildman–Crippen LogP) is 3.93. The van der Waals surface area contributed by atoms with Gasteiger partial charge in [-0.15, -0.1) is 0 Å². The van der Waals surface area contributed by atoms with Crippen molar-refractivity contribution in [3.8, 4) is 11.5 Å². The van der Waals surface area contributed by atoms with Crippen LogP contribution in [0.15, 0.2) is 65.1 Å². The third-order valence-corrected chi connectivity index (χ3v) is 2.29. The van der Waals surface area contributed by atoms with Crippen LogP contribution in [0.5, 0.6) is 11.5 Å². The second-order valence-corrected chi connectivity index (χ2v) is 3.56. The lowest BCUT2D eigenvalue weighted by Crippen LogP contribution is -1.82. The van der Waals surface area contributed by atoms with Gasteiger partial charge in [0, 0.05) is 0 Å². The van der Waals surface area contributed by atoms with E-state index in [1.807, 2.05) is 0 Å². The van der Waals surface area contributed by atoms with Crippen LogP contribution in [0.4, 0.5) is 11.4 Å². The number of ether oxygens (including phenoxy) is 1. The van der Waals surface area contributed by atoms with Crippen molar-refractivity contribution < 1.29 is 9.53 Å². The van der Waals surface area contributed by atoms with Gasteiger partial charge in [0.1, 0.15) is 11.5 Å². The summed E-state index contributed by atoms with van der Waals surface area (Å²) in [4.78, 5) is 17.5. The number of isocyanates is 1. The van der Waals surface area contributed by atoms with Gasteiger partial charge >= 0.3 is 0 Å². The topological polar surface area (TPSA) is 51.0 Å². The zero-order chi connectivity index (χ0) is 13.5. The van der Waals surface area contributed by atoms with Gasteiger partial charge in [-0.05, 0) is 61.0 Å². The van der Waals surface area contributed by atoms with E-state index in [-0.39, 0.29) is 0 Å². The van der Waals surface area contributed by atoms with E-state index in [9.17, 15) is 4.79 Å². The summed E-state index contributed by atoms with van der Waals surface area (Å²) in [5.41, 5.74) is 1.30. The number of hydrogen-bond acceptors (Lipinski definition) is 4. The SMILES string of the molecule is C=C=Nc1ccc(Oc2ccc(N=C=O)cc2)cc1. The largest absolute Gasteiger partial charge is 0.457 e. The van der Waals surface area contributed by atoms with Crippen LogP contribution in [-0.2, 0) is 4.79 Å². The van der Waals surface area contributed by atoms with Crippen LogP contribution in [0.1, 0.15) is 0 Å². The van der Waals surface area contributed by atoms with Crippen molar-refractivity contribution in [3.63, 3.8) is 0 Å². The molecule has 0 radical (unpaired) electrons. The molecule has 2 rings (SSSR count). The molecule has 0 bridgehead atoms. The van der Waals surface area contributed by atoms with Crippen LogP contribution in [0.2, 0.25) is 0 Å². The smallest absolute Gasteiger partial charge is 0.240 e. The summed E-state index contributed by atoms with van der Waals surface area (Å²) in [6.45, 7) is 3.41. The van der Waals surface area contributed by atoms with Gasteiger partial charge in [0.15, 0.2) is 0 Å². The molecule has 0 atom stereocenters. The zero-order valence-electron chi connectivity index (χ0n) is 10.0. The second kappa shape index (κ2) is 6.12. The first-order valence-corrected chi connectivity index (χ1v) is 5.50. The maximum Gasteiger partial charge on any atom is 0.240 e. The van der Waals surface area contributed by atoms with Crippen LogP contribution < -0.4 is 4.74 Å². The van der Waals surface area contributed by atoms with Crippen molar-refractivity contribution in [2.24, 2.45) is 9.98 Å². The van der Waals surface area contributed by atoms with Crippen molar-refractivity contribution in [2.45, 2.75) is 0 Å². The van der Waals surface area contributed by atoms with E-state index in [0.29, 0.717) is 17.2 Å². The Bertz CT molecular complexity index is 588. The first-order valence-electron chi connectivity index (χ1n) is 5.50. The van der Waals surface area contributed by atoms with Gasteiger partial charge in [-0.25, -0.2) is 9.79 Å². The third-order valence-electron chi connectivity index (χ3n) is 2.29. The molecule has 4 nitrogen and oxygen atoms in total. The van der Waals surface area contributed by atoms with E-state index in [2.05, 4.69) is 22.4 Å². The molecule has 0 saturated carbocycles. The first kappa shape index (κ1) is 12.5. The molecule has 0 heterocycles. The fourth-order valence-corrected chi connectivity index (χ4v) is 1.46. The third kappa shape index (κ3) is 3.51. The molecule has 0 N–H and O–H groups in total. The normalized spacial score (nSPS) is 9.05. The van der Waals surface area contributed by atoms with Crippen LogP contribution in [0, 0.1) is 0 Å². The fraction of sp³-hybridized carbons (Fsp3) is 0. The monoisotopic (exact) mass is 250 g/mol. The molecule has 2 aromatic carbocycles. The summed E-state index contributed by atoms with van der Waals surface area (Å²) < 4.78 is 5.63. The van der Waals surface area contributed by atoms with Gasteiger partial charge in [-0.1, -0.05) is 0 Å². The first-order chi connectivity index (χ1) is 9.31. The quantitative estimate of drug-likeness (QED) is 0.609. The lowest BCUT2D eigenvalue weighted by molar-refractivity contribution is 0.483. The Balaban J connectivity index is 2.11. The number of hydrogen-bond donors (Lipinski definition) is 0. The van der Waals surface area contributed by atoms with Crippen molar-refractivity contribution in [1.82, 2.24) is 0 Å². The van der Waals surface area contributed by atoms with E-state index >= 15 is 0 Å². The van der Waals surface area contributed by atoms with Crippen molar-refractivity contribution >= 4 is 23.3 Å². The Hall–Kier alpha value is -2.93. The van der Waals surface area contributed by atoms with Crippen LogP contribution in [0.25, 0.3) is 0 Å². The molecule has 0 aromatic heterocycles. The summed E-state index contributed by atoms with van der Waals surface area (Å²) in [6, 6.07) is 14.0. The minimum absolute atomic E-state index is 0.540. The summed E-state index contributed by atoms with van der Waals surface area (Å²) in [7, 11) is 0. The van der Waals surface area contributed by atoms with Gasteiger partial charge in [-0.3, -0.25) is 0 Å². The highest BCUT2D eigenvalue weighted by Crippen LogP contribution is 2.25. The Kier molecular flexibility index (Phi) is 4.04. The molecule has 92 valence electrons. The van der Waals surface area contributed by atoms with Crippen LogP contribution in [-0.4, -0.2) is 11.9 Å². The average molecular weight is 250 g/mol. The summed E-state index contributed by atoms with van der Waals surface area (Å²) in [5.74, 6) is 3.81. The summed E-state index contributed by atoms with van der Waals surface area (Å²) >= 11 is 0. The Morgan fingerprint density at radius 2 is 1.32 bits per heavy atom. The highest BCUT2D eigenvalue weighted by atomic mass is 16.5. The lowest BCUT2D eigenvalue weighted by Gasteiger charge is -2.05. The molecule has 0 saturated heterocycles. The zero-order valence-corrected chi connectivity index (χ0v) is 10.0. The molecule has 0 aliphatic heterocycles. The summed E-state index contributed by atoms with van der Waals surface area (Å²) in [6.07, 6.45) is 1.48. The molecule has 0 aliphatic rings. The van der Waals surface area contributed by atoms with E-state index in [4.69, 9.17) is 4.74 Å². The van der Waals surface area contributed by atoms with Crippen LogP contribution >= 0.6 is 0 Å². The molecular weight excluding hydrogens is 240 g/mol. The minimum atomic E-state index is 0.540. The van der Waals surface area contributed by atoms with Crippen LogP contribution in [0.3, 0.4) is 0 Å². The molecule has 0 amide bonds. The fourth-order valence-electron chi connectivity index (χ4n) is 1.46. The number of benzene rings is 2. The van der Waals surface area contributed by atoms with Gasteiger partial charge < -0.3 is 4.74 Å². The molecule has 4 heteroatoms. The predicted molar refractivity (Wildman–Crippen MR) is 73.5 cm³/mol. The van der Waals surface area contributed by atoms with E-state index in [1.165, 1.54) is 6.08 Å². The van der Waals surface area contributed by atoms with Gasteiger partial charge in [0.25, 0.3) is 0 Å². The molecule has 0 aliphatic carbocycles. The van der Waals surface area contributed by atoms with Crippen molar-refractivity contribution in [1.29, 1.82) is 0 Å². The molecule has 19 heavy (non-hydrogen) atoms. The Labute approximate surface area is 110 Å². The van der Waals surface area contributed by atoms with Gasteiger partial charge in [-0.2, -0.15) is 4.99 Å².